The molecule has 0 spiro atoms. The molecular formula is C19H25ClOS. The second-order valence-corrected chi connectivity index (χ2v) is 7.17. The third-order valence-electron chi connectivity index (χ3n) is 3.75. The second kappa shape index (κ2) is 7.43. The first-order valence-electron chi connectivity index (χ1n) is 7.31. The predicted octanol–water partition coefficient (Wildman–Crippen LogP) is 5.63. The van der Waals surface area contributed by atoms with Gasteiger partial charge in [0.15, 0.2) is 0 Å². The number of phenolic OH excluding ortho intramolecular Hbond substituents is 1. The maximum Gasteiger partial charge on any atom is 0.122 e. The van der Waals surface area contributed by atoms with Gasteiger partial charge >= 0.3 is 0 Å². The summed E-state index contributed by atoms with van der Waals surface area (Å²) < 4.78 is 0. The molecule has 0 saturated carbocycles. The van der Waals surface area contributed by atoms with Gasteiger partial charge in [0.25, 0.3) is 0 Å². The number of halogens is 1. The smallest absolute Gasteiger partial charge is 0.122 e. The van der Waals surface area contributed by atoms with Crippen LogP contribution in [0.15, 0.2) is 42.5 Å². The third kappa shape index (κ3) is 4.44. The summed E-state index contributed by atoms with van der Waals surface area (Å²) in [5.41, 5.74) is 4.03. The third-order valence-corrected chi connectivity index (χ3v) is 4.16. The van der Waals surface area contributed by atoms with Crippen molar-refractivity contribution < 1.29 is 5.11 Å². The number of aryl methyl sites for hydroxylation is 1. The van der Waals surface area contributed by atoms with E-state index in [1.54, 1.807) is 0 Å². The van der Waals surface area contributed by atoms with E-state index in [-0.39, 0.29) is 24.3 Å². The highest BCUT2D eigenvalue weighted by atomic mass is 35.5. The highest BCUT2D eigenvalue weighted by Crippen LogP contribution is 2.37. The van der Waals surface area contributed by atoms with E-state index in [0.717, 1.165) is 23.1 Å². The Labute approximate surface area is 145 Å². The first-order valence-corrected chi connectivity index (χ1v) is 7.74. The number of aromatic hydroxyl groups is 1. The molecule has 1 atom stereocenters. The first-order chi connectivity index (χ1) is 9.79. The lowest BCUT2D eigenvalue weighted by molar-refractivity contribution is 0.442. The molecule has 0 radical (unpaired) electrons. The lowest BCUT2D eigenvalue weighted by Gasteiger charge is -2.23. The van der Waals surface area contributed by atoms with Crippen molar-refractivity contribution in [1.82, 2.24) is 0 Å². The summed E-state index contributed by atoms with van der Waals surface area (Å²) in [6.45, 7) is 8.24. The standard InChI is InChI=1S/C19H23ClO.H2S/c1-13-10-15(12-16(18(13)21)19(2,3)4)17(20)11-14-8-6-5-7-9-14;/h5-10,12,17,21H,11H2,1-4H3;1H2. The lowest BCUT2D eigenvalue weighted by Crippen LogP contribution is -2.13. The fourth-order valence-electron chi connectivity index (χ4n) is 2.50. The molecule has 1 nitrogen and oxygen atoms in total. The number of rotatable bonds is 3. The van der Waals surface area contributed by atoms with Gasteiger partial charge in [-0.3, -0.25) is 0 Å². The van der Waals surface area contributed by atoms with Gasteiger partial charge < -0.3 is 5.11 Å². The summed E-state index contributed by atoms with van der Waals surface area (Å²) in [5.74, 6) is 0.384. The molecule has 120 valence electrons. The van der Waals surface area contributed by atoms with Crippen LogP contribution in [0.1, 0.15) is 48.4 Å². The van der Waals surface area contributed by atoms with Gasteiger partial charge in [-0.05, 0) is 41.0 Å². The van der Waals surface area contributed by atoms with Crippen molar-refractivity contribution in [1.29, 1.82) is 0 Å². The quantitative estimate of drug-likeness (QED) is 0.720. The second-order valence-electron chi connectivity index (χ2n) is 6.64. The largest absolute Gasteiger partial charge is 0.507 e. The van der Waals surface area contributed by atoms with Crippen LogP contribution in [0.3, 0.4) is 0 Å². The molecule has 2 aromatic carbocycles. The maximum absolute atomic E-state index is 10.3. The molecule has 22 heavy (non-hydrogen) atoms. The Hall–Kier alpha value is -1.12. The topological polar surface area (TPSA) is 20.2 Å². The number of benzene rings is 2. The van der Waals surface area contributed by atoms with Gasteiger partial charge in [-0.2, -0.15) is 13.5 Å². The summed E-state index contributed by atoms with van der Waals surface area (Å²) in [5, 5.41) is 10.2. The van der Waals surface area contributed by atoms with Crippen molar-refractivity contribution in [2.45, 2.75) is 44.9 Å². The normalized spacial score (nSPS) is 12.6. The van der Waals surface area contributed by atoms with Crippen molar-refractivity contribution in [3.05, 3.63) is 64.7 Å². The average Bonchev–Trinajstić information content (AvgIpc) is 2.41. The molecule has 0 fully saturated rings. The van der Waals surface area contributed by atoms with Gasteiger partial charge in [0.1, 0.15) is 5.75 Å². The summed E-state index contributed by atoms with van der Waals surface area (Å²) in [6, 6.07) is 14.3. The van der Waals surface area contributed by atoms with E-state index in [9.17, 15) is 5.11 Å². The van der Waals surface area contributed by atoms with Gasteiger partial charge in [-0.15, -0.1) is 11.6 Å². The summed E-state index contributed by atoms with van der Waals surface area (Å²) in [4.78, 5) is 0. The fraction of sp³-hybridized carbons (Fsp3) is 0.368. The molecule has 0 heterocycles. The Kier molecular flexibility index (Phi) is 6.39. The minimum absolute atomic E-state index is 0. The van der Waals surface area contributed by atoms with Gasteiger partial charge in [0.05, 0.1) is 5.38 Å². The van der Waals surface area contributed by atoms with Gasteiger partial charge in [0, 0.05) is 0 Å². The minimum Gasteiger partial charge on any atom is -0.507 e. The number of phenols is 1. The molecule has 2 aromatic rings. The summed E-state index contributed by atoms with van der Waals surface area (Å²) >= 11 is 6.61. The van der Waals surface area contributed by atoms with E-state index in [0.29, 0.717) is 5.75 Å². The van der Waals surface area contributed by atoms with E-state index in [2.05, 4.69) is 32.9 Å². The monoisotopic (exact) mass is 336 g/mol. The van der Waals surface area contributed by atoms with Crippen molar-refractivity contribution in [2.75, 3.05) is 0 Å². The van der Waals surface area contributed by atoms with Crippen LogP contribution >= 0.6 is 25.1 Å². The Morgan fingerprint density at radius 3 is 2.23 bits per heavy atom. The van der Waals surface area contributed by atoms with E-state index >= 15 is 0 Å². The average molecular weight is 337 g/mol. The van der Waals surface area contributed by atoms with Gasteiger partial charge in [-0.25, -0.2) is 0 Å². The molecule has 0 aromatic heterocycles. The SMILES string of the molecule is Cc1cc(C(Cl)Cc2ccccc2)cc(C(C)(C)C)c1O.S. The van der Waals surface area contributed by atoms with Crippen LogP contribution < -0.4 is 0 Å². The molecule has 0 amide bonds. The van der Waals surface area contributed by atoms with E-state index < -0.39 is 0 Å². The molecule has 0 aliphatic carbocycles. The maximum atomic E-state index is 10.3. The molecule has 2 rings (SSSR count). The summed E-state index contributed by atoms with van der Waals surface area (Å²) in [7, 11) is 0. The van der Waals surface area contributed by atoms with E-state index in [1.165, 1.54) is 5.56 Å². The molecule has 0 aliphatic rings. The minimum atomic E-state index is -0.103. The van der Waals surface area contributed by atoms with Crippen LogP contribution in [0.2, 0.25) is 0 Å². The predicted molar refractivity (Wildman–Crippen MR) is 101 cm³/mol. The zero-order valence-electron chi connectivity index (χ0n) is 13.7. The Balaban J connectivity index is 0.00000242. The number of alkyl halides is 1. The van der Waals surface area contributed by atoms with Crippen LogP contribution in [0.4, 0.5) is 0 Å². The van der Waals surface area contributed by atoms with Crippen molar-refractivity contribution in [3.8, 4) is 5.75 Å². The Morgan fingerprint density at radius 2 is 1.68 bits per heavy atom. The Bertz CT molecular complexity index is 617. The van der Waals surface area contributed by atoms with E-state index in [4.69, 9.17) is 11.6 Å². The Morgan fingerprint density at radius 1 is 1.09 bits per heavy atom. The summed E-state index contributed by atoms with van der Waals surface area (Å²) in [6.07, 6.45) is 0.788. The molecule has 0 bridgehead atoms. The van der Waals surface area contributed by atoms with E-state index in [1.807, 2.05) is 37.3 Å². The zero-order valence-corrected chi connectivity index (χ0v) is 15.4. The van der Waals surface area contributed by atoms with Crippen LogP contribution in [0.5, 0.6) is 5.75 Å². The highest BCUT2D eigenvalue weighted by molar-refractivity contribution is 7.59. The lowest BCUT2D eigenvalue weighted by atomic mass is 9.83. The van der Waals surface area contributed by atoms with Crippen LogP contribution in [-0.4, -0.2) is 5.11 Å². The molecule has 1 unspecified atom stereocenters. The van der Waals surface area contributed by atoms with Crippen molar-refractivity contribution in [2.24, 2.45) is 0 Å². The molecule has 0 saturated heterocycles. The number of hydrogen-bond donors (Lipinski definition) is 1. The van der Waals surface area contributed by atoms with Crippen molar-refractivity contribution in [3.63, 3.8) is 0 Å². The van der Waals surface area contributed by atoms with Crippen LogP contribution in [0.25, 0.3) is 0 Å². The van der Waals surface area contributed by atoms with Gasteiger partial charge in [0.2, 0.25) is 0 Å². The van der Waals surface area contributed by atoms with Crippen molar-refractivity contribution >= 4 is 25.1 Å². The molecular weight excluding hydrogens is 312 g/mol. The van der Waals surface area contributed by atoms with Crippen LogP contribution in [0, 0.1) is 6.92 Å². The fourth-order valence-corrected chi connectivity index (χ4v) is 2.80. The highest BCUT2D eigenvalue weighted by Gasteiger charge is 2.22. The zero-order chi connectivity index (χ0) is 15.6. The molecule has 3 heteroatoms. The number of hydrogen-bond acceptors (Lipinski definition) is 1. The van der Waals surface area contributed by atoms with Crippen LogP contribution in [-0.2, 0) is 11.8 Å². The molecule has 1 N–H and O–H groups in total. The molecule has 0 aliphatic heterocycles. The van der Waals surface area contributed by atoms with Gasteiger partial charge in [-0.1, -0.05) is 63.2 Å². The first kappa shape index (κ1) is 18.9.